The zero-order chi connectivity index (χ0) is 11.8. The van der Waals surface area contributed by atoms with Crippen LogP contribution in [0.25, 0.3) is 0 Å². The molecule has 1 unspecified atom stereocenters. The Morgan fingerprint density at radius 3 is 2.56 bits per heavy atom. The van der Waals surface area contributed by atoms with Gasteiger partial charge in [0.25, 0.3) is 0 Å². The fraction of sp³-hybridized carbons (Fsp3) is 0.615. The standard InChI is InChI=1S/C13H23N3/c1-3-5-13(14)11-16(4-2)10-12-6-8-15-9-7-12/h6-9,13H,3-5,10-11,14H2,1-2H3. The molecule has 0 aliphatic carbocycles. The third-order valence-electron chi connectivity index (χ3n) is 2.75. The van der Waals surface area contributed by atoms with E-state index in [0.29, 0.717) is 6.04 Å². The number of aromatic nitrogens is 1. The SMILES string of the molecule is CCCC(N)CN(CC)Cc1ccncc1. The van der Waals surface area contributed by atoms with Crippen molar-refractivity contribution in [3.63, 3.8) is 0 Å². The van der Waals surface area contributed by atoms with Crippen LogP contribution in [-0.4, -0.2) is 29.0 Å². The number of pyridine rings is 1. The first-order chi connectivity index (χ1) is 7.76. The van der Waals surface area contributed by atoms with Gasteiger partial charge < -0.3 is 5.73 Å². The van der Waals surface area contributed by atoms with E-state index in [1.807, 2.05) is 12.4 Å². The molecule has 0 spiro atoms. The zero-order valence-corrected chi connectivity index (χ0v) is 10.4. The normalized spacial score (nSPS) is 13.0. The molecule has 3 nitrogen and oxygen atoms in total. The van der Waals surface area contributed by atoms with E-state index in [1.54, 1.807) is 0 Å². The molecule has 0 saturated heterocycles. The first-order valence-electron chi connectivity index (χ1n) is 6.13. The Bertz CT molecular complexity index is 274. The van der Waals surface area contributed by atoms with Crippen molar-refractivity contribution >= 4 is 0 Å². The Labute approximate surface area is 98.7 Å². The molecule has 1 rings (SSSR count). The minimum atomic E-state index is 0.298. The van der Waals surface area contributed by atoms with Crippen molar-refractivity contribution in [3.8, 4) is 0 Å². The number of hydrogen-bond donors (Lipinski definition) is 1. The summed E-state index contributed by atoms with van der Waals surface area (Å²) in [6.07, 6.45) is 5.95. The number of nitrogens with zero attached hydrogens (tertiary/aromatic N) is 2. The van der Waals surface area contributed by atoms with E-state index in [1.165, 1.54) is 5.56 Å². The fourth-order valence-corrected chi connectivity index (χ4v) is 1.85. The predicted octanol–water partition coefficient (Wildman–Crippen LogP) is 2.03. The lowest BCUT2D eigenvalue weighted by atomic mass is 10.1. The van der Waals surface area contributed by atoms with Crippen LogP contribution in [0.15, 0.2) is 24.5 Å². The van der Waals surface area contributed by atoms with Crippen molar-refractivity contribution < 1.29 is 0 Å². The highest BCUT2D eigenvalue weighted by atomic mass is 15.1. The van der Waals surface area contributed by atoms with E-state index >= 15 is 0 Å². The molecule has 90 valence electrons. The smallest absolute Gasteiger partial charge is 0.0271 e. The minimum absolute atomic E-state index is 0.298. The Kier molecular flexibility index (Phi) is 6.04. The summed E-state index contributed by atoms with van der Waals surface area (Å²) in [5, 5.41) is 0. The van der Waals surface area contributed by atoms with Gasteiger partial charge in [-0.05, 0) is 30.7 Å². The topological polar surface area (TPSA) is 42.1 Å². The Morgan fingerprint density at radius 2 is 2.00 bits per heavy atom. The van der Waals surface area contributed by atoms with Gasteiger partial charge in [-0.25, -0.2) is 0 Å². The molecule has 1 atom stereocenters. The molecule has 0 fully saturated rings. The summed E-state index contributed by atoms with van der Waals surface area (Å²) in [6.45, 7) is 7.35. The molecule has 0 aromatic carbocycles. The molecule has 1 heterocycles. The van der Waals surface area contributed by atoms with Crippen molar-refractivity contribution in [1.82, 2.24) is 9.88 Å². The van der Waals surface area contributed by atoms with Gasteiger partial charge in [-0.2, -0.15) is 0 Å². The van der Waals surface area contributed by atoms with Crippen molar-refractivity contribution in [1.29, 1.82) is 0 Å². The minimum Gasteiger partial charge on any atom is -0.327 e. The molecular weight excluding hydrogens is 198 g/mol. The molecule has 0 saturated carbocycles. The van der Waals surface area contributed by atoms with Crippen LogP contribution in [0.4, 0.5) is 0 Å². The van der Waals surface area contributed by atoms with Crippen LogP contribution in [0.2, 0.25) is 0 Å². The summed E-state index contributed by atoms with van der Waals surface area (Å²) in [6, 6.07) is 4.42. The van der Waals surface area contributed by atoms with Gasteiger partial charge >= 0.3 is 0 Å². The summed E-state index contributed by atoms with van der Waals surface area (Å²) in [5.74, 6) is 0. The Morgan fingerprint density at radius 1 is 1.31 bits per heavy atom. The molecule has 0 aliphatic heterocycles. The van der Waals surface area contributed by atoms with Crippen LogP contribution >= 0.6 is 0 Å². The highest BCUT2D eigenvalue weighted by Crippen LogP contribution is 2.05. The van der Waals surface area contributed by atoms with Crippen molar-refractivity contribution in [2.45, 2.75) is 39.3 Å². The zero-order valence-electron chi connectivity index (χ0n) is 10.4. The second-order valence-electron chi connectivity index (χ2n) is 4.23. The molecule has 3 heteroatoms. The van der Waals surface area contributed by atoms with E-state index in [-0.39, 0.29) is 0 Å². The molecule has 1 aromatic rings. The Balaban J connectivity index is 2.43. The maximum absolute atomic E-state index is 6.06. The average Bonchev–Trinajstić information content (AvgIpc) is 2.30. The molecule has 2 N–H and O–H groups in total. The first-order valence-corrected chi connectivity index (χ1v) is 6.13. The molecule has 0 amide bonds. The fourth-order valence-electron chi connectivity index (χ4n) is 1.85. The predicted molar refractivity (Wildman–Crippen MR) is 68.1 cm³/mol. The Hall–Kier alpha value is -0.930. The average molecular weight is 221 g/mol. The van der Waals surface area contributed by atoms with Gasteiger partial charge in [0.05, 0.1) is 0 Å². The van der Waals surface area contributed by atoms with Crippen LogP contribution in [0, 0.1) is 0 Å². The largest absolute Gasteiger partial charge is 0.327 e. The van der Waals surface area contributed by atoms with Crippen molar-refractivity contribution in [2.75, 3.05) is 13.1 Å². The molecule has 16 heavy (non-hydrogen) atoms. The van der Waals surface area contributed by atoms with E-state index in [0.717, 1.165) is 32.5 Å². The van der Waals surface area contributed by atoms with Gasteiger partial charge in [-0.15, -0.1) is 0 Å². The highest BCUT2D eigenvalue weighted by molar-refractivity contribution is 5.09. The van der Waals surface area contributed by atoms with E-state index in [4.69, 9.17) is 5.73 Å². The van der Waals surface area contributed by atoms with Crippen molar-refractivity contribution in [3.05, 3.63) is 30.1 Å². The van der Waals surface area contributed by atoms with E-state index in [2.05, 4.69) is 35.9 Å². The maximum atomic E-state index is 6.06. The molecule has 1 aromatic heterocycles. The van der Waals surface area contributed by atoms with E-state index in [9.17, 15) is 0 Å². The number of rotatable bonds is 7. The lowest BCUT2D eigenvalue weighted by molar-refractivity contribution is 0.256. The van der Waals surface area contributed by atoms with Crippen LogP contribution in [0.5, 0.6) is 0 Å². The maximum Gasteiger partial charge on any atom is 0.0271 e. The number of hydrogen-bond acceptors (Lipinski definition) is 3. The first kappa shape index (κ1) is 13.1. The summed E-state index contributed by atoms with van der Waals surface area (Å²) < 4.78 is 0. The van der Waals surface area contributed by atoms with Gasteiger partial charge in [0, 0.05) is 31.5 Å². The quantitative estimate of drug-likeness (QED) is 0.766. The van der Waals surface area contributed by atoms with Gasteiger partial charge in [-0.3, -0.25) is 9.88 Å². The molecule has 0 aliphatic rings. The lowest BCUT2D eigenvalue weighted by Crippen LogP contribution is -2.37. The molecule has 0 bridgehead atoms. The van der Waals surface area contributed by atoms with Crippen LogP contribution in [0.1, 0.15) is 32.3 Å². The third kappa shape index (κ3) is 4.73. The van der Waals surface area contributed by atoms with Gasteiger partial charge in [0.15, 0.2) is 0 Å². The van der Waals surface area contributed by atoms with Gasteiger partial charge in [-0.1, -0.05) is 20.3 Å². The lowest BCUT2D eigenvalue weighted by Gasteiger charge is -2.24. The summed E-state index contributed by atoms with van der Waals surface area (Å²) in [4.78, 5) is 6.41. The van der Waals surface area contributed by atoms with Crippen LogP contribution in [0.3, 0.4) is 0 Å². The highest BCUT2D eigenvalue weighted by Gasteiger charge is 2.08. The number of likely N-dealkylation sites (N-methyl/N-ethyl adjacent to an activating group) is 1. The van der Waals surface area contributed by atoms with Gasteiger partial charge in [0.1, 0.15) is 0 Å². The van der Waals surface area contributed by atoms with Crippen molar-refractivity contribution in [2.24, 2.45) is 5.73 Å². The van der Waals surface area contributed by atoms with Crippen LogP contribution < -0.4 is 5.73 Å². The van der Waals surface area contributed by atoms with E-state index < -0.39 is 0 Å². The summed E-state index contributed by atoms with van der Waals surface area (Å²) in [7, 11) is 0. The monoisotopic (exact) mass is 221 g/mol. The summed E-state index contributed by atoms with van der Waals surface area (Å²) in [5.41, 5.74) is 7.37. The third-order valence-corrected chi connectivity index (χ3v) is 2.75. The van der Waals surface area contributed by atoms with Crippen LogP contribution in [-0.2, 0) is 6.54 Å². The molecular formula is C13H23N3. The second-order valence-corrected chi connectivity index (χ2v) is 4.23. The second kappa shape index (κ2) is 7.36. The van der Waals surface area contributed by atoms with Gasteiger partial charge in [0.2, 0.25) is 0 Å². The number of nitrogens with two attached hydrogens (primary N) is 1. The summed E-state index contributed by atoms with van der Waals surface area (Å²) >= 11 is 0. The molecule has 0 radical (unpaired) electrons.